The minimum Gasteiger partial charge on any atom is -0.493 e. The maximum absolute atomic E-state index is 12.2. The lowest BCUT2D eigenvalue weighted by Gasteiger charge is -2.25. The van der Waals surface area contributed by atoms with E-state index in [1.165, 1.54) is 0 Å². The Labute approximate surface area is 116 Å². The van der Waals surface area contributed by atoms with Crippen molar-refractivity contribution < 1.29 is 13.2 Å². The lowest BCUT2D eigenvalue weighted by atomic mass is 10.00. The largest absolute Gasteiger partial charge is 0.493 e. The highest BCUT2D eigenvalue weighted by atomic mass is 79.9. The van der Waals surface area contributed by atoms with Crippen molar-refractivity contribution in [3.8, 4) is 5.75 Å². The van der Waals surface area contributed by atoms with Crippen LogP contribution >= 0.6 is 15.9 Å². The smallest absolute Gasteiger partial charge is 0.157 e. The lowest BCUT2D eigenvalue weighted by Crippen LogP contribution is -2.29. The molecule has 0 aromatic heterocycles. The molecule has 0 spiro atoms. The first kappa shape index (κ1) is 12.5. The van der Waals surface area contributed by atoms with Crippen molar-refractivity contribution >= 4 is 25.8 Å². The van der Waals surface area contributed by atoms with Crippen molar-refractivity contribution in [2.75, 3.05) is 6.61 Å². The van der Waals surface area contributed by atoms with Crippen LogP contribution in [0.1, 0.15) is 30.4 Å². The molecule has 1 aliphatic heterocycles. The van der Waals surface area contributed by atoms with Gasteiger partial charge in [-0.2, -0.15) is 0 Å². The van der Waals surface area contributed by atoms with Gasteiger partial charge in [-0.05, 0) is 30.5 Å². The molecule has 1 fully saturated rings. The van der Waals surface area contributed by atoms with Gasteiger partial charge in [-0.25, -0.2) is 8.42 Å². The van der Waals surface area contributed by atoms with Crippen molar-refractivity contribution in [1.29, 1.82) is 0 Å². The van der Waals surface area contributed by atoms with E-state index in [1.54, 1.807) is 0 Å². The molecule has 0 amide bonds. The predicted octanol–water partition coefficient (Wildman–Crippen LogP) is 2.85. The Kier molecular flexibility index (Phi) is 3.14. The summed E-state index contributed by atoms with van der Waals surface area (Å²) in [4.78, 5) is 0. The van der Waals surface area contributed by atoms with Crippen LogP contribution in [0, 0.1) is 0 Å². The monoisotopic (exact) mass is 330 g/mol. The first-order valence-electron chi connectivity index (χ1n) is 6.22. The maximum Gasteiger partial charge on any atom is 0.157 e. The Hall–Kier alpha value is -0.550. The Morgan fingerprint density at radius 1 is 1.33 bits per heavy atom. The summed E-state index contributed by atoms with van der Waals surface area (Å²) in [6, 6.07) is 3.89. The number of benzene rings is 1. The molecule has 0 unspecified atom stereocenters. The van der Waals surface area contributed by atoms with Gasteiger partial charge in [0, 0.05) is 16.5 Å². The Bertz CT molecular complexity index is 576. The van der Waals surface area contributed by atoms with Crippen molar-refractivity contribution in [3.63, 3.8) is 0 Å². The second-order valence-corrected chi connectivity index (χ2v) is 8.21. The second kappa shape index (κ2) is 4.53. The zero-order chi connectivity index (χ0) is 12.8. The molecule has 1 aliphatic carbocycles. The summed E-state index contributed by atoms with van der Waals surface area (Å²) in [5.41, 5.74) is 1.92. The molecule has 3 nitrogen and oxygen atoms in total. The number of rotatable bonds is 3. The zero-order valence-corrected chi connectivity index (χ0v) is 12.4. The first-order chi connectivity index (χ1) is 8.56. The van der Waals surface area contributed by atoms with Gasteiger partial charge < -0.3 is 4.74 Å². The van der Waals surface area contributed by atoms with Crippen LogP contribution in [0.2, 0.25) is 0 Å². The quantitative estimate of drug-likeness (QED) is 0.855. The van der Waals surface area contributed by atoms with Crippen molar-refractivity contribution in [1.82, 2.24) is 0 Å². The van der Waals surface area contributed by atoms with Gasteiger partial charge in [0.05, 0.1) is 17.6 Å². The third-order valence-corrected chi connectivity index (χ3v) is 6.40. The van der Waals surface area contributed by atoms with Crippen molar-refractivity contribution in [2.24, 2.45) is 0 Å². The lowest BCUT2D eigenvalue weighted by molar-refractivity contribution is 0.354. The van der Waals surface area contributed by atoms with E-state index >= 15 is 0 Å². The first-order valence-corrected chi connectivity index (χ1v) is 8.73. The summed E-state index contributed by atoms with van der Waals surface area (Å²) in [6.45, 7) is 0.655. The maximum atomic E-state index is 12.2. The molecule has 98 valence electrons. The molecule has 0 bridgehead atoms. The summed E-state index contributed by atoms with van der Waals surface area (Å²) in [5.74, 6) is 0.903. The van der Waals surface area contributed by atoms with E-state index in [-0.39, 0.29) is 11.0 Å². The molecule has 0 saturated heterocycles. The van der Waals surface area contributed by atoms with Crippen molar-refractivity contribution in [3.05, 3.63) is 27.7 Å². The summed E-state index contributed by atoms with van der Waals surface area (Å²) in [5, 5.41) is -0.131. The molecule has 0 atom stereocenters. The van der Waals surface area contributed by atoms with Crippen molar-refractivity contribution in [2.45, 2.75) is 36.7 Å². The molecular weight excluding hydrogens is 316 g/mol. The minimum absolute atomic E-state index is 0.111. The highest BCUT2D eigenvalue weighted by Crippen LogP contribution is 2.36. The van der Waals surface area contributed by atoms with E-state index in [4.69, 9.17) is 4.74 Å². The molecule has 3 rings (SSSR count). The second-order valence-electron chi connectivity index (χ2n) is 5.01. The van der Waals surface area contributed by atoms with E-state index in [0.717, 1.165) is 47.0 Å². The van der Waals surface area contributed by atoms with Crippen LogP contribution in [0.15, 0.2) is 16.6 Å². The third kappa shape index (κ3) is 2.18. The SMILES string of the molecule is O=S(=O)(Cc1cc(Br)cc2c1OCC2)C1CCC1. The molecule has 1 saturated carbocycles. The summed E-state index contributed by atoms with van der Waals surface area (Å²) < 4.78 is 31.0. The Morgan fingerprint density at radius 2 is 2.11 bits per heavy atom. The summed E-state index contributed by atoms with van der Waals surface area (Å²) in [6.07, 6.45) is 3.54. The number of sulfone groups is 1. The van der Waals surface area contributed by atoms with E-state index in [1.807, 2.05) is 12.1 Å². The average molecular weight is 331 g/mol. The van der Waals surface area contributed by atoms with Gasteiger partial charge in [-0.3, -0.25) is 0 Å². The van der Waals surface area contributed by atoms with Crippen LogP contribution in [0.3, 0.4) is 0 Å². The molecule has 1 aromatic rings. The van der Waals surface area contributed by atoms with E-state index in [0.29, 0.717) is 6.61 Å². The van der Waals surface area contributed by atoms with Gasteiger partial charge >= 0.3 is 0 Å². The fraction of sp³-hybridized carbons (Fsp3) is 0.538. The highest BCUT2D eigenvalue weighted by Gasteiger charge is 2.32. The Balaban J connectivity index is 1.93. The normalized spacial score (nSPS) is 19.2. The van der Waals surface area contributed by atoms with Gasteiger partial charge in [-0.1, -0.05) is 22.4 Å². The van der Waals surface area contributed by atoms with Crippen LogP contribution in [0.25, 0.3) is 0 Å². The van der Waals surface area contributed by atoms with E-state index in [2.05, 4.69) is 15.9 Å². The molecular formula is C13H15BrO3S. The fourth-order valence-electron chi connectivity index (χ4n) is 2.52. The number of hydrogen-bond donors (Lipinski definition) is 0. The molecule has 1 heterocycles. The van der Waals surface area contributed by atoms with Crippen LogP contribution in [0.5, 0.6) is 5.75 Å². The molecule has 1 aromatic carbocycles. The van der Waals surface area contributed by atoms with Crippen LogP contribution in [-0.4, -0.2) is 20.3 Å². The van der Waals surface area contributed by atoms with Crippen LogP contribution in [-0.2, 0) is 22.0 Å². The number of hydrogen-bond acceptors (Lipinski definition) is 3. The summed E-state index contributed by atoms with van der Waals surface area (Å²) in [7, 11) is -3.02. The highest BCUT2D eigenvalue weighted by molar-refractivity contribution is 9.10. The van der Waals surface area contributed by atoms with E-state index in [9.17, 15) is 8.42 Å². The van der Waals surface area contributed by atoms with Gasteiger partial charge in [0.25, 0.3) is 0 Å². The number of fused-ring (bicyclic) bond motifs is 1. The van der Waals surface area contributed by atoms with Crippen LogP contribution in [0.4, 0.5) is 0 Å². The van der Waals surface area contributed by atoms with E-state index < -0.39 is 9.84 Å². The molecule has 0 N–H and O–H groups in total. The molecule has 2 aliphatic rings. The Morgan fingerprint density at radius 3 is 2.78 bits per heavy atom. The van der Waals surface area contributed by atoms with Crippen LogP contribution < -0.4 is 4.74 Å². The predicted molar refractivity (Wildman–Crippen MR) is 73.6 cm³/mol. The standard InChI is InChI=1S/C13H15BrO3S/c14-11-6-9-4-5-17-13(9)10(7-11)8-18(15,16)12-2-1-3-12/h6-7,12H,1-5,8H2. The minimum atomic E-state index is -3.02. The fourth-order valence-corrected chi connectivity index (χ4v) is 5.01. The number of halogens is 1. The molecule has 0 radical (unpaired) electrons. The van der Waals surface area contributed by atoms with Gasteiger partial charge in [0.1, 0.15) is 5.75 Å². The molecule has 18 heavy (non-hydrogen) atoms. The topological polar surface area (TPSA) is 43.4 Å². The number of ether oxygens (including phenoxy) is 1. The third-order valence-electron chi connectivity index (χ3n) is 3.74. The van der Waals surface area contributed by atoms with Gasteiger partial charge in [-0.15, -0.1) is 0 Å². The van der Waals surface area contributed by atoms with Gasteiger partial charge in [0.15, 0.2) is 9.84 Å². The van der Waals surface area contributed by atoms with Gasteiger partial charge in [0.2, 0.25) is 0 Å². The average Bonchev–Trinajstić information content (AvgIpc) is 2.60. The zero-order valence-electron chi connectivity index (χ0n) is 9.99. The molecule has 5 heteroatoms. The summed E-state index contributed by atoms with van der Waals surface area (Å²) >= 11 is 3.44.